The molecule has 1 aliphatic rings. The number of ether oxygens (including phenoxy) is 3. The average Bonchev–Trinajstić information content (AvgIpc) is 3.03. The summed E-state index contributed by atoms with van der Waals surface area (Å²) in [6.07, 6.45) is 2.01. The minimum atomic E-state index is -3.67. The molecule has 0 amide bonds. The fraction of sp³-hybridized carbons (Fsp3) is 0.294. The summed E-state index contributed by atoms with van der Waals surface area (Å²) in [7, 11) is -3.67. The Bertz CT molecular complexity index is 802. The van der Waals surface area contributed by atoms with Crippen molar-refractivity contribution in [2.75, 3.05) is 18.1 Å². The van der Waals surface area contributed by atoms with E-state index < -0.39 is 10.0 Å². The van der Waals surface area contributed by atoms with Crippen LogP contribution in [0.5, 0.6) is 17.2 Å². The Morgan fingerprint density at radius 3 is 2.58 bits per heavy atom. The third-order valence-corrected chi connectivity index (χ3v) is 4.92. The molecule has 0 spiro atoms. The van der Waals surface area contributed by atoms with Gasteiger partial charge in [0.1, 0.15) is 5.75 Å². The maximum absolute atomic E-state index is 12.4. The van der Waals surface area contributed by atoms with E-state index in [0.717, 1.165) is 12.8 Å². The van der Waals surface area contributed by atoms with Crippen molar-refractivity contribution in [1.82, 2.24) is 0 Å². The molecule has 0 aromatic heterocycles. The van der Waals surface area contributed by atoms with E-state index in [1.54, 1.807) is 30.3 Å². The summed E-state index contributed by atoms with van der Waals surface area (Å²) in [5.74, 6) is 1.78. The molecule has 6 nitrogen and oxygen atoms in total. The van der Waals surface area contributed by atoms with Crippen molar-refractivity contribution in [1.29, 1.82) is 0 Å². The maximum atomic E-state index is 12.4. The first-order valence-electron chi connectivity index (χ1n) is 7.74. The van der Waals surface area contributed by atoms with Crippen molar-refractivity contribution in [2.24, 2.45) is 0 Å². The van der Waals surface area contributed by atoms with Crippen LogP contribution in [-0.4, -0.2) is 21.8 Å². The van der Waals surface area contributed by atoms with Gasteiger partial charge in [-0.15, -0.1) is 0 Å². The highest BCUT2D eigenvalue weighted by atomic mass is 32.2. The molecule has 0 atom stereocenters. The normalized spacial score (nSPS) is 12.9. The molecule has 2 aromatic carbocycles. The lowest BCUT2D eigenvalue weighted by molar-refractivity contribution is 0.174. The number of sulfonamides is 1. The fourth-order valence-electron chi connectivity index (χ4n) is 2.22. The number of hydrogen-bond donors (Lipinski definition) is 1. The molecule has 1 heterocycles. The molecule has 7 heteroatoms. The Balaban J connectivity index is 1.71. The van der Waals surface area contributed by atoms with E-state index in [2.05, 4.69) is 11.6 Å². The topological polar surface area (TPSA) is 73.9 Å². The minimum Gasteiger partial charge on any atom is -0.494 e. The van der Waals surface area contributed by atoms with Crippen LogP contribution in [0.4, 0.5) is 5.69 Å². The van der Waals surface area contributed by atoms with Gasteiger partial charge in [0.25, 0.3) is 10.0 Å². The summed E-state index contributed by atoms with van der Waals surface area (Å²) in [5.41, 5.74) is 0.419. The Kier molecular flexibility index (Phi) is 4.80. The van der Waals surface area contributed by atoms with Crippen LogP contribution >= 0.6 is 0 Å². The van der Waals surface area contributed by atoms with Crippen LogP contribution in [0.1, 0.15) is 19.8 Å². The van der Waals surface area contributed by atoms with E-state index in [4.69, 9.17) is 14.2 Å². The van der Waals surface area contributed by atoms with Crippen LogP contribution in [0.15, 0.2) is 47.4 Å². The summed E-state index contributed by atoms with van der Waals surface area (Å²) in [4.78, 5) is 0.169. The molecule has 0 saturated carbocycles. The van der Waals surface area contributed by atoms with Gasteiger partial charge in [0.2, 0.25) is 6.79 Å². The second-order valence-electron chi connectivity index (χ2n) is 5.35. The zero-order valence-electron chi connectivity index (χ0n) is 13.3. The number of nitrogens with one attached hydrogen (secondary N) is 1. The highest BCUT2D eigenvalue weighted by Gasteiger charge is 2.18. The van der Waals surface area contributed by atoms with Crippen LogP contribution in [0, 0.1) is 0 Å². The molecular formula is C17H19NO5S. The molecule has 0 bridgehead atoms. The summed E-state index contributed by atoms with van der Waals surface area (Å²) < 4.78 is 43.4. The van der Waals surface area contributed by atoms with Gasteiger partial charge in [-0.3, -0.25) is 4.72 Å². The molecule has 2 aromatic rings. The standard InChI is InChI=1S/C17H19NO5S/c1-2-3-10-21-14-5-7-15(8-6-14)24(19,20)18-13-4-9-16-17(11-13)23-12-22-16/h4-9,11,18H,2-3,10,12H2,1H3. The third-order valence-electron chi connectivity index (χ3n) is 3.53. The Morgan fingerprint density at radius 1 is 1.08 bits per heavy atom. The first-order valence-corrected chi connectivity index (χ1v) is 9.22. The second kappa shape index (κ2) is 7.00. The molecule has 128 valence electrons. The molecular weight excluding hydrogens is 330 g/mol. The number of rotatable bonds is 7. The number of anilines is 1. The lowest BCUT2D eigenvalue weighted by Crippen LogP contribution is -2.12. The van der Waals surface area contributed by atoms with Gasteiger partial charge < -0.3 is 14.2 Å². The molecule has 1 aliphatic heterocycles. The molecule has 24 heavy (non-hydrogen) atoms. The van der Waals surface area contributed by atoms with E-state index in [1.165, 1.54) is 12.1 Å². The predicted molar refractivity (Wildman–Crippen MR) is 90.2 cm³/mol. The predicted octanol–water partition coefficient (Wildman–Crippen LogP) is 3.40. The van der Waals surface area contributed by atoms with Gasteiger partial charge in [0.15, 0.2) is 11.5 Å². The molecule has 0 saturated heterocycles. The number of hydrogen-bond acceptors (Lipinski definition) is 5. The first kappa shape index (κ1) is 16.4. The number of benzene rings is 2. The quantitative estimate of drug-likeness (QED) is 0.776. The third kappa shape index (κ3) is 3.73. The van der Waals surface area contributed by atoms with Crippen molar-refractivity contribution < 1.29 is 22.6 Å². The van der Waals surface area contributed by atoms with Gasteiger partial charge in [-0.05, 0) is 42.8 Å². The smallest absolute Gasteiger partial charge is 0.261 e. The van der Waals surface area contributed by atoms with E-state index in [1.807, 2.05) is 0 Å². The van der Waals surface area contributed by atoms with Gasteiger partial charge in [-0.1, -0.05) is 13.3 Å². The van der Waals surface area contributed by atoms with E-state index in [-0.39, 0.29) is 11.7 Å². The highest BCUT2D eigenvalue weighted by Crippen LogP contribution is 2.34. The van der Waals surface area contributed by atoms with Crippen LogP contribution in [0.3, 0.4) is 0 Å². The monoisotopic (exact) mass is 349 g/mol. The van der Waals surface area contributed by atoms with Crippen molar-refractivity contribution in [3.63, 3.8) is 0 Å². The molecule has 3 rings (SSSR count). The van der Waals surface area contributed by atoms with Gasteiger partial charge in [-0.25, -0.2) is 8.42 Å². The zero-order chi connectivity index (χ0) is 17.0. The van der Waals surface area contributed by atoms with Gasteiger partial charge in [0, 0.05) is 6.07 Å². The fourth-order valence-corrected chi connectivity index (χ4v) is 3.27. The van der Waals surface area contributed by atoms with Crippen molar-refractivity contribution >= 4 is 15.7 Å². The Hall–Kier alpha value is -2.41. The van der Waals surface area contributed by atoms with E-state index in [0.29, 0.717) is 29.5 Å². The second-order valence-corrected chi connectivity index (χ2v) is 7.03. The van der Waals surface area contributed by atoms with Gasteiger partial charge in [-0.2, -0.15) is 0 Å². The lowest BCUT2D eigenvalue weighted by Gasteiger charge is -2.10. The molecule has 0 radical (unpaired) electrons. The van der Waals surface area contributed by atoms with Gasteiger partial charge >= 0.3 is 0 Å². The maximum Gasteiger partial charge on any atom is 0.261 e. The molecule has 0 unspecified atom stereocenters. The zero-order valence-corrected chi connectivity index (χ0v) is 14.1. The average molecular weight is 349 g/mol. The van der Waals surface area contributed by atoms with Crippen LogP contribution < -0.4 is 18.9 Å². The van der Waals surface area contributed by atoms with E-state index >= 15 is 0 Å². The summed E-state index contributed by atoms with van der Waals surface area (Å²) in [6.45, 7) is 2.85. The van der Waals surface area contributed by atoms with E-state index in [9.17, 15) is 8.42 Å². The van der Waals surface area contributed by atoms with Crippen molar-refractivity contribution in [3.8, 4) is 17.2 Å². The number of unbranched alkanes of at least 4 members (excludes halogenated alkanes) is 1. The molecule has 1 N–H and O–H groups in total. The first-order chi connectivity index (χ1) is 11.6. The largest absolute Gasteiger partial charge is 0.494 e. The summed E-state index contributed by atoms with van der Waals surface area (Å²) in [6, 6.07) is 11.3. The lowest BCUT2D eigenvalue weighted by atomic mass is 10.3. The molecule has 0 aliphatic carbocycles. The van der Waals surface area contributed by atoms with Crippen LogP contribution in [0.25, 0.3) is 0 Å². The summed E-state index contributed by atoms with van der Waals surface area (Å²) >= 11 is 0. The Morgan fingerprint density at radius 2 is 1.83 bits per heavy atom. The Labute approximate surface area is 141 Å². The minimum absolute atomic E-state index is 0.144. The highest BCUT2D eigenvalue weighted by molar-refractivity contribution is 7.92. The van der Waals surface area contributed by atoms with Crippen LogP contribution in [0.2, 0.25) is 0 Å². The summed E-state index contributed by atoms with van der Waals surface area (Å²) in [5, 5.41) is 0. The van der Waals surface area contributed by atoms with Crippen molar-refractivity contribution in [3.05, 3.63) is 42.5 Å². The number of fused-ring (bicyclic) bond motifs is 1. The SMILES string of the molecule is CCCCOc1ccc(S(=O)(=O)Nc2ccc3c(c2)OCO3)cc1. The van der Waals surface area contributed by atoms with Crippen molar-refractivity contribution in [2.45, 2.75) is 24.7 Å². The van der Waals surface area contributed by atoms with Crippen LogP contribution in [-0.2, 0) is 10.0 Å². The molecule has 0 fully saturated rings. The van der Waals surface area contributed by atoms with Gasteiger partial charge in [0.05, 0.1) is 17.2 Å².